The molecule has 1 heteroatoms. The molecule has 0 spiro atoms. The van der Waals surface area contributed by atoms with Gasteiger partial charge >= 0.3 is 0 Å². The van der Waals surface area contributed by atoms with Crippen LogP contribution in [0.2, 0.25) is 0 Å². The Morgan fingerprint density at radius 3 is 1.34 bits per heavy atom. The molecule has 0 fully saturated rings. The summed E-state index contributed by atoms with van der Waals surface area (Å²) in [6.07, 6.45) is 0. The van der Waals surface area contributed by atoms with E-state index in [1.54, 1.807) is 0 Å². The predicted octanol–water partition coefficient (Wildman–Crippen LogP) is 14.9. The first kappa shape index (κ1) is 25.1. The van der Waals surface area contributed by atoms with Gasteiger partial charge in [-0.05, 0) is 106 Å². The third-order valence-electron chi connectivity index (χ3n) is 10.7. The summed E-state index contributed by atoms with van der Waals surface area (Å²) in [5.74, 6) is 0. The maximum absolute atomic E-state index is 8.98. The van der Waals surface area contributed by atoms with Crippen LogP contribution in [-0.4, -0.2) is 0 Å². The van der Waals surface area contributed by atoms with E-state index in [0.717, 1.165) is 60.2 Å². The molecule has 0 atom stereocenters. The Hall–Kier alpha value is -6.96. The molecule has 0 bridgehead atoms. The first-order valence-electron chi connectivity index (χ1n) is 20.4. The van der Waals surface area contributed by atoms with Crippen molar-refractivity contribution in [3.05, 3.63) is 194 Å². The number of hydrogen-bond acceptors (Lipinski definition) is 1. The van der Waals surface area contributed by atoms with Crippen LogP contribution in [0.15, 0.2) is 198 Å². The predicted molar refractivity (Wildman–Crippen MR) is 225 cm³/mol. The summed E-state index contributed by atoms with van der Waals surface area (Å²) in [6, 6.07) is 55.1. The fourth-order valence-electron chi connectivity index (χ4n) is 8.61. The van der Waals surface area contributed by atoms with Gasteiger partial charge in [0, 0.05) is 10.8 Å². The lowest BCUT2D eigenvalue weighted by atomic mass is 9.84. The van der Waals surface area contributed by atoms with Crippen LogP contribution in [0.1, 0.15) is 6.85 Å². The summed E-state index contributed by atoms with van der Waals surface area (Å²) in [7, 11) is 0. The van der Waals surface area contributed by atoms with E-state index in [1.807, 2.05) is 48.5 Å². The second-order valence-electron chi connectivity index (χ2n) is 13.5. The van der Waals surface area contributed by atoms with Gasteiger partial charge in [-0.3, -0.25) is 0 Å². The minimum absolute atomic E-state index is 0.194. The summed E-state index contributed by atoms with van der Waals surface area (Å²) in [6.45, 7) is 0. The highest BCUT2D eigenvalue weighted by molar-refractivity contribution is 6.27. The Labute approximate surface area is 314 Å². The van der Waals surface area contributed by atoms with Crippen molar-refractivity contribution in [3.63, 3.8) is 0 Å². The molecule has 0 aliphatic rings. The molecule has 0 amide bonds. The van der Waals surface area contributed by atoms with Gasteiger partial charge in [-0.2, -0.15) is 0 Å². The van der Waals surface area contributed by atoms with Crippen LogP contribution in [0.25, 0.3) is 110 Å². The minimum atomic E-state index is -0.407. The van der Waals surface area contributed by atoms with Crippen LogP contribution in [0.5, 0.6) is 0 Å². The zero-order chi connectivity index (χ0) is 39.2. The van der Waals surface area contributed by atoms with Crippen molar-refractivity contribution in [1.82, 2.24) is 0 Å². The first-order valence-corrected chi connectivity index (χ1v) is 17.9. The van der Waals surface area contributed by atoms with Crippen molar-refractivity contribution < 1.29 is 11.3 Å². The van der Waals surface area contributed by atoms with Gasteiger partial charge in [0.1, 0.15) is 11.2 Å². The Morgan fingerprint density at radius 2 is 0.792 bits per heavy atom. The van der Waals surface area contributed by atoms with Gasteiger partial charge < -0.3 is 4.42 Å². The Morgan fingerprint density at radius 1 is 0.321 bits per heavy atom. The van der Waals surface area contributed by atoms with Crippen LogP contribution in [0.3, 0.4) is 0 Å². The number of fused-ring (bicyclic) bond motifs is 7. The van der Waals surface area contributed by atoms with Gasteiger partial charge in [0.2, 0.25) is 0 Å². The molecule has 0 unspecified atom stereocenters. The highest BCUT2D eigenvalue weighted by Crippen LogP contribution is 2.48. The lowest BCUT2D eigenvalue weighted by Crippen LogP contribution is -1.91. The molecule has 246 valence electrons. The highest BCUT2D eigenvalue weighted by Gasteiger charge is 2.22. The Bertz CT molecular complexity index is 3370. The lowest BCUT2D eigenvalue weighted by molar-refractivity contribution is 0.669. The number of hydrogen-bond donors (Lipinski definition) is 0. The summed E-state index contributed by atoms with van der Waals surface area (Å²) < 4.78 is 49.9. The average Bonchev–Trinajstić information content (AvgIpc) is 3.65. The summed E-state index contributed by atoms with van der Waals surface area (Å²) in [5.41, 5.74) is 8.99. The maximum Gasteiger partial charge on any atom is 0.136 e. The van der Waals surface area contributed by atoms with Crippen LogP contribution in [0, 0.1) is 0 Å². The molecule has 0 saturated heterocycles. The molecule has 0 aliphatic heterocycles. The molecule has 0 aliphatic carbocycles. The first-order chi connectivity index (χ1) is 28.4. The zero-order valence-corrected chi connectivity index (χ0v) is 28.5. The van der Waals surface area contributed by atoms with E-state index in [4.69, 9.17) is 11.3 Å². The van der Waals surface area contributed by atoms with Crippen molar-refractivity contribution in [2.45, 2.75) is 0 Å². The van der Waals surface area contributed by atoms with Gasteiger partial charge in [-0.15, -0.1) is 0 Å². The molecule has 1 nitrogen and oxygen atoms in total. The van der Waals surface area contributed by atoms with E-state index in [2.05, 4.69) is 115 Å². The van der Waals surface area contributed by atoms with Crippen molar-refractivity contribution in [1.29, 1.82) is 0 Å². The molecular weight excluding hydrogens is 641 g/mol. The maximum atomic E-state index is 8.98. The second-order valence-corrected chi connectivity index (χ2v) is 13.5. The molecule has 1 aromatic heterocycles. The van der Waals surface area contributed by atoms with E-state index >= 15 is 0 Å². The summed E-state index contributed by atoms with van der Waals surface area (Å²) in [5, 5.41) is 10.1. The average molecular weight is 678 g/mol. The van der Waals surface area contributed by atoms with Crippen molar-refractivity contribution >= 4 is 65.0 Å². The number of benzene rings is 10. The molecule has 11 rings (SSSR count). The molecule has 11 aromatic rings. The largest absolute Gasteiger partial charge is 0.456 e. The van der Waals surface area contributed by atoms with Crippen molar-refractivity contribution in [3.8, 4) is 44.5 Å². The minimum Gasteiger partial charge on any atom is -0.456 e. The normalized spacial score (nSPS) is 13.1. The third-order valence-corrected chi connectivity index (χ3v) is 10.7. The van der Waals surface area contributed by atoms with Crippen LogP contribution < -0.4 is 0 Å². The van der Waals surface area contributed by atoms with Gasteiger partial charge in [0.15, 0.2) is 0 Å². The SMILES string of the molecule is [2H]c1c([2H])c([2H])c(-c2c3ccccc3c(-c3cccc4oc5ccc(-c6c7ccccc7c(-c7ccccc7)c7ccccc67)cc5c34)c3ccccc23)c([2H])c1[2H]. The highest BCUT2D eigenvalue weighted by atomic mass is 16.3. The zero-order valence-electron chi connectivity index (χ0n) is 33.5. The third kappa shape index (κ3) is 4.51. The molecule has 10 aromatic carbocycles. The smallest absolute Gasteiger partial charge is 0.136 e. The van der Waals surface area contributed by atoms with E-state index < -0.39 is 6.04 Å². The molecule has 0 saturated carbocycles. The van der Waals surface area contributed by atoms with Crippen molar-refractivity contribution in [2.24, 2.45) is 0 Å². The summed E-state index contributed by atoms with van der Waals surface area (Å²) in [4.78, 5) is 0. The summed E-state index contributed by atoms with van der Waals surface area (Å²) >= 11 is 0. The van der Waals surface area contributed by atoms with Crippen LogP contribution >= 0.6 is 0 Å². The van der Waals surface area contributed by atoms with Crippen LogP contribution in [0.4, 0.5) is 0 Å². The molecule has 53 heavy (non-hydrogen) atoms. The van der Waals surface area contributed by atoms with E-state index in [9.17, 15) is 0 Å². The molecule has 0 radical (unpaired) electrons. The standard InChI is InChI=1S/C52H32O/c1-3-16-33(17-4-1)48-36-20-7-9-22-38(36)50(39-23-10-8-21-37(39)48)35-30-31-46-45(32-35)52-44(28-15-29-47(52)53-46)51-42-26-13-11-24-40(42)49(34-18-5-2-6-19-34)41-25-12-14-27-43(41)51/h1-32H/i2D,5D,6D,18D,19D. The monoisotopic (exact) mass is 677 g/mol. The van der Waals surface area contributed by atoms with Crippen LogP contribution in [-0.2, 0) is 0 Å². The number of furan rings is 1. The second kappa shape index (κ2) is 11.8. The molecule has 1 heterocycles. The van der Waals surface area contributed by atoms with E-state index in [-0.39, 0.29) is 29.7 Å². The Kier molecular flexibility index (Phi) is 5.58. The quantitative estimate of drug-likeness (QED) is 0.169. The van der Waals surface area contributed by atoms with Gasteiger partial charge in [0.25, 0.3) is 0 Å². The topological polar surface area (TPSA) is 13.1 Å². The van der Waals surface area contributed by atoms with E-state index in [1.165, 1.54) is 38.2 Å². The number of rotatable bonds is 4. The fourth-order valence-corrected chi connectivity index (χ4v) is 8.61. The molecular formula is C52H32O. The fraction of sp³-hybridized carbons (Fsp3) is 0. The van der Waals surface area contributed by atoms with E-state index in [0.29, 0.717) is 5.56 Å². The Balaban J connectivity index is 1.23. The van der Waals surface area contributed by atoms with Crippen molar-refractivity contribution in [2.75, 3.05) is 0 Å². The van der Waals surface area contributed by atoms with Gasteiger partial charge in [-0.1, -0.05) is 176 Å². The molecule has 0 N–H and O–H groups in total. The van der Waals surface area contributed by atoms with Gasteiger partial charge in [-0.25, -0.2) is 0 Å². The lowest BCUT2D eigenvalue weighted by Gasteiger charge is -2.18. The van der Waals surface area contributed by atoms with Gasteiger partial charge in [0.05, 0.1) is 6.85 Å².